The fourth-order valence-corrected chi connectivity index (χ4v) is 4.47. The molecule has 0 saturated carbocycles. The number of hydrogen-bond acceptors (Lipinski definition) is 4. The van der Waals surface area contributed by atoms with E-state index in [9.17, 15) is 4.79 Å². The van der Waals surface area contributed by atoms with Crippen LogP contribution in [0.4, 0.5) is 0 Å². The van der Waals surface area contributed by atoms with Crippen LogP contribution < -0.4 is 5.32 Å². The van der Waals surface area contributed by atoms with Crippen LogP contribution in [-0.2, 0) is 11.2 Å². The average Bonchev–Trinajstić information content (AvgIpc) is 3.03. The van der Waals surface area contributed by atoms with Gasteiger partial charge in [0.2, 0.25) is 0 Å². The molecule has 2 aliphatic heterocycles. The molecular formula is C24H26N4O2. The van der Waals surface area contributed by atoms with Gasteiger partial charge in [0.1, 0.15) is 0 Å². The van der Waals surface area contributed by atoms with Gasteiger partial charge in [0.05, 0.1) is 24.9 Å². The highest BCUT2D eigenvalue weighted by molar-refractivity contribution is 6.01. The minimum absolute atomic E-state index is 0.0174. The van der Waals surface area contributed by atoms with E-state index < -0.39 is 0 Å². The summed E-state index contributed by atoms with van der Waals surface area (Å²) in [7, 11) is 0. The molecule has 1 atom stereocenters. The summed E-state index contributed by atoms with van der Waals surface area (Å²) in [4.78, 5) is 15.8. The molecule has 1 aromatic carbocycles. The Morgan fingerprint density at radius 1 is 1.23 bits per heavy atom. The lowest BCUT2D eigenvalue weighted by atomic mass is 10.0. The molecule has 0 unspecified atom stereocenters. The Morgan fingerprint density at radius 3 is 2.90 bits per heavy atom. The summed E-state index contributed by atoms with van der Waals surface area (Å²) < 4.78 is 5.49. The van der Waals surface area contributed by atoms with Crippen molar-refractivity contribution in [2.24, 2.45) is 0 Å². The minimum Gasteiger partial charge on any atom is -0.379 e. The fourth-order valence-electron chi connectivity index (χ4n) is 4.47. The second kappa shape index (κ2) is 8.42. The normalized spacial score (nSPS) is 17.6. The van der Waals surface area contributed by atoms with Gasteiger partial charge in [-0.25, -0.2) is 0 Å². The van der Waals surface area contributed by atoms with E-state index in [0.717, 1.165) is 79.2 Å². The maximum atomic E-state index is 13.5. The van der Waals surface area contributed by atoms with Gasteiger partial charge in [-0.2, -0.15) is 5.10 Å². The van der Waals surface area contributed by atoms with Crippen molar-refractivity contribution < 1.29 is 9.53 Å². The van der Waals surface area contributed by atoms with Crippen molar-refractivity contribution in [1.29, 1.82) is 0 Å². The van der Waals surface area contributed by atoms with Crippen molar-refractivity contribution in [2.75, 3.05) is 32.8 Å². The molecule has 2 aliphatic carbocycles. The minimum atomic E-state index is -0.0740. The molecule has 154 valence electrons. The number of carbonyl (C=O) groups is 1. The van der Waals surface area contributed by atoms with Crippen molar-refractivity contribution in [2.45, 2.75) is 18.9 Å². The number of allylic oxidation sites excluding steroid dienone is 1. The van der Waals surface area contributed by atoms with Crippen LogP contribution in [0.5, 0.6) is 0 Å². The maximum Gasteiger partial charge on any atom is 0.252 e. The van der Waals surface area contributed by atoms with Crippen LogP contribution in [0.15, 0.2) is 48.7 Å². The Morgan fingerprint density at radius 2 is 2.07 bits per heavy atom. The molecule has 1 fully saturated rings. The highest BCUT2D eigenvalue weighted by Crippen LogP contribution is 2.36. The topological polar surface area (TPSA) is 70.2 Å². The first-order valence-electron chi connectivity index (χ1n) is 10.6. The molecule has 1 aromatic rings. The zero-order valence-corrected chi connectivity index (χ0v) is 16.9. The van der Waals surface area contributed by atoms with Gasteiger partial charge >= 0.3 is 0 Å². The lowest BCUT2D eigenvalue weighted by molar-refractivity contribution is 0.0332. The number of carbonyl (C=O) groups excluding carboxylic acids is 1. The van der Waals surface area contributed by atoms with Crippen LogP contribution in [0.2, 0.25) is 0 Å². The van der Waals surface area contributed by atoms with E-state index >= 15 is 0 Å². The Hall–Kier alpha value is -2.96. The summed E-state index contributed by atoms with van der Waals surface area (Å²) in [6, 6.07) is 12.2. The van der Waals surface area contributed by atoms with E-state index in [4.69, 9.17) is 4.74 Å². The van der Waals surface area contributed by atoms with Crippen molar-refractivity contribution in [3.8, 4) is 11.1 Å². The number of nitrogens with one attached hydrogen (secondary N) is 2. The Bertz CT molecular complexity index is 1020. The van der Waals surface area contributed by atoms with Crippen LogP contribution in [0.3, 0.4) is 0 Å². The van der Waals surface area contributed by atoms with Gasteiger partial charge in [-0.05, 0) is 36.1 Å². The highest BCUT2D eigenvalue weighted by atomic mass is 16.5. The standard InChI is InChI=1S/C24H26N4O2/c29-24(20-14-18-15-25-27-21-9-5-4-8-19(20)23(18)21)26-22(17-6-2-1-3-7-17)16-28-10-12-30-13-11-28/h1-3,5-7,9,14-15,22,25H,4,8,10-13,16H2,(H,26,29)/t22-/m1/s1. The van der Waals surface area contributed by atoms with Gasteiger partial charge in [0.25, 0.3) is 5.91 Å². The molecule has 0 bridgehead atoms. The van der Waals surface area contributed by atoms with Gasteiger partial charge in [-0.15, -0.1) is 0 Å². The first kappa shape index (κ1) is 19.0. The Kier molecular flexibility index (Phi) is 5.34. The summed E-state index contributed by atoms with van der Waals surface area (Å²) in [6.45, 7) is 4.04. The molecule has 0 aromatic heterocycles. The van der Waals surface area contributed by atoms with E-state index in [1.807, 2.05) is 36.5 Å². The second-order valence-corrected chi connectivity index (χ2v) is 7.93. The van der Waals surface area contributed by atoms with Crippen molar-refractivity contribution in [3.05, 3.63) is 71.1 Å². The zero-order chi connectivity index (χ0) is 20.3. The van der Waals surface area contributed by atoms with Crippen LogP contribution in [0.25, 0.3) is 17.2 Å². The number of amides is 1. The molecular weight excluding hydrogens is 376 g/mol. The number of ether oxygens (including phenoxy) is 1. The third-order valence-corrected chi connectivity index (χ3v) is 6.01. The Balaban J connectivity index is 1.44. The zero-order valence-electron chi connectivity index (χ0n) is 16.9. The lowest BCUT2D eigenvalue weighted by Gasteiger charge is -2.31. The van der Waals surface area contributed by atoms with E-state index in [1.165, 1.54) is 0 Å². The molecule has 6 nitrogen and oxygen atoms in total. The summed E-state index contributed by atoms with van der Waals surface area (Å²) in [5, 5.41) is 10.7. The number of nitrogens with zero attached hydrogens (tertiary/aromatic N) is 2. The lowest BCUT2D eigenvalue weighted by Crippen LogP contribution is -2.43. The van der Waals surface area contributed by atoms with Crippen LogP contribution in [-0.4, -0.2) is 53.9 Å². The molecule has 1 saturated heterocycles. The smallest absolute Gasteiger partial charge is 0.252 e. The number of rotatable bonds is 5. The average molecular weight is 402 g/mol. The van der Waals surface area contributed by atoms with Gasteiger partial charge in [-0.1, -0.05) is 36.4 Å². The monoisotopic (exact) mass is 402 g/mol. The summed E-state index contributed by atoms with van der Waals surface area (Å²) in [5.41, 5.74) is 6.03. The number of morpholine rings is 1. The molecule has 5 rings (SSSR count). The van der Waals surface area contributed by atoms with Gasteiger partial charge in [0.15, 0.2) is 0 Å². The van der Waals surface area contributed by atoms with E-state index in [1.54, 1.807) is 0 Å². The number of H-pyrrole nitrogens is 1. The van der Waals surface area contributed by atoms with Gasteiger partial charge in [-0.3, -0.25) is 14.8 Å². The number of benzene rings is 1. The molecule has 2 N–H and O–H groups in total. The first-order valence-corrected chi connectivity index (χ1v) is 10.6. The highest BCUT2D eigenvalue weighted by Gasteiger charge is 2.27. The summed E-state index contributed by atoms with van der Waals surface area (Å²) in [6.07, 6.45) is 7.80. The largest absolute Gasteiger partial charge is 0.379 e. The fraction of sp³-hybridized carbons (Fsp3) is 0.333. The number of hydrogen-bond donors (Lipinski definition) is 2. The van der Waals surface area contributed by atoms with Gasteiger partial charge in [0, 0.05) is 42.5 Å². The van der Waals surface area contributed by atoms with E-state index in [2.05, 4.69) is 38.6 Å². The summed E-state index contributed by atoms with van der Waals surface area (Å²) >= 11 is 0. The van der Waals surface area contributed by atoms with Gasteiger partial charge < -0.3 is 10.1 Å². The predicted octanol–water partition coefficient (Wildman–Crippen LogP) is 3.28. The van der Waals surface area contributed by atoms with Crippen molar-refractivity contribution >= 4 is 12.0 Å². The quantitative estimate of drug-likeness (QED) is 0.687. The van der Waals surface area contributed by atoms with Crippen molar-refractivity contribution in [3.63, 3.8) is 0 Å². The van der Waals surface area contributed by atoms with Crippen LogP contribution >= 0.6 is 0 Å². The van der Waals surface area contributed by atoms with Crippen LogP contribution in [0, 0.1) is 0 Å². The third kappa shape index (κ3) is 3.76. The first-order chi connectivity index (χ1) is 14.8. The SMILES string of the molecule is O=C(N[C@H](CN1CCOCC1)c1ccccc1)c1cc2c[nH]nc3c-2c1CCC=C3. The maximum absolute atomic E-state index is 13.5. The van der Waals surface area contributed by atoms with Crippen LogP contribution in [0.1, 0.15) is 39.6 Å². The molecule has 6 heteroatoms. The molecule has 2 heterocycles. The molecule has 1 amide bonds. The second-order valence-electron chi connectivity index (χ2n) is 7.93. The molecule has 4 aliphatic rings. The number of aromatic amines is 1. The van der Waals surface area contributed by atoms with Crippen molar-refractivity contribution in [1.82, 2.24) is 20.4 Å². The third-order valence-electron chi connectivity index (χ3n) is 6.01. The molecule has 0 spiro atoms. The molecule has 30 heavy (non-hydrogen) atoms. The Labute approximate surface area is 176 Å². The predicted molar refractivity (Wildman–Crippen MR) is 116 cm³/mol. The van der Waals surface area contributed by atoms with E-state index in [-0.39, 0.29) is 11.9 Å². The summed E-state index contributed by atoms with van der Waals surface area (Å²) in [5.74, 6) is -0.0174. The number of aromatic nitrogens is 2. The van der Waals surface area contributed by atoms with E-state index in [0.29, 0.717) is 0 Å². The molecule has 0 radical (unpaired) electrons.